The van der Waals surface area contributed by atoms with Gasteiger partial charge in [0.2, 0.25) is 10.9 Å². The zero-order valence-electron chi connectivity index (χ0n) is 19.4. The Morgan fingerprint density at radius 3 is 2.19 bits per heavy atom. The minimum atomic E-state index is -3.88. The number of carbonyl (C=O) groups is 1. The minimum absolute atomic E-state index is 0.0166. The third-order valence-electron chi connectivity index (χ3n) is 6.82. The molecule has 1 amide bonds. The predicted octanol–water partition coefficient (Wildman–Crippen LogP) is 2.43. The van der Waals surface area contributed by atoms with Gasteiger partial charge in [0.05, 0.1) is 6.20 Å². The Labute approximate surface area is 210 Å². The number of benzene rings is 1. The van der Waals surface area contributed by atoms with Gasteiger partial charge < -0.3 is 5.32 Å². The molecular weight excluding hydrogens is 528 g/mol. The van der Waals surface area contributed by atoms with Crippen LogP contribution in [-0.2, 0) is 17.1 Å². The van der Waals surface area contributed by atoms with Gasteiger partial charge in [0.1, 0.15) is 17.2 Å². The van der Waals surface area contributed by atoms with Gasteiger partial charge in [-0.3, -0.25) is 14.4 Å². The summed E-state index contributed by atoms with van der Waals surface area (Å²) in [6, 6.07) is 1.63. The van der Waals surface area contributed by atoms with Gasteiger partial charge >= 0.3 is 0 Å². The number of carbonyl (C=O) groups excluding carboxylic acids is 1. The minimum Gasteiger partial charge on any atom is -0.350 e. The third-order valence-corrected chi connectivity index (χ3v) is 8.80. The SMILES string of the molecule is Cn1cc(S(=O)(=O)N2CCN(C3(CNC(=O)c4c(F)cc(Cl)cc4F)CCC(F)(F)CC3)CC2)nn1. The van der Waals surface area contributed by atoms with Crippen LogP contribution < -0.4 is 5.32 Å². The van der Waals surface area contributed by atoms with E-state index in [0.29, 0.717) is 0 Å². The first kappa shape index (κ1) is 26.8. The highest BCUT2D eigenvalue weighted by molar-refractivity contribution is 7.89. The highest BCUT2D eigenvalue weighted by Gasteiger charge is 2.48. The van der Waals surface area contributed by atoms with Gasteiger partial charge in [0.25, 0.3) is 15.9 Å². The van der Waals surface area contributed by atoms with E-state index in [9.17, 15) is 30.8 Å². The average Bonchev–Trinajstić information content (AvgIpc) is 3.25. The van der Waals surface area contributed by atoms with E-state index in [1.807, 2.05) is 4.90 Å². The highest BCUT2D eigenvalue weighted by atomic mass is 35.5. The van der Waals surface area contributed by atoms with Crippen LogP contribution in [0.5, 0.6) is 0 Å². The number of aromatic nitrogens is 3. The Balaban J connectivity index is 1.49. The summed E-state index contributed by atoms with van der Waals surface area (Å²) in [7, 11) is -2.34. The fourth-order valence-corrected chi connectivity index (χ4v) is 6.28. The number of hydrogen-bond donors (Lipinski definition) is 1. The lowest BCUT2D eigenvalue weighted by molar-refractivity contribution is -0.0856. The number of piperazine rings is 1. The topological polar surface area (TPSA) is 100 Å². The molecule has 1 aromatic heterocycles. The Kier molecular flexibility index (Phi) is 7.34. The molecule has 1 saturated heterocycles. The molecule has 1 N–H and O–H groups in total. The molecule has 198 valence electrons. The van der Waals surface area contributed by atoms with Crippen molar-refractivity contribution in [3.05, 3.63) is 40.6 Å². The number of aryl methyl sites for hydroxylation is 1. The average molecular weight is 553 g/mol. The molecule has 0 spiro atoms. The van der Waals surface area contributed by atoms with Crippen LogP contribution in [0.2, 0.25) is 5.02 Å². The molecule has 0 atom stereocenters. The quantitative estimate of drug-likeness (QED) is 0.553. The number of sulfonamides is 1. The molecule has 36 heavy (non-hydrogen) atoms. The van der Waals surface area contributed by atoms with Crippen molar-refractivity contribution in [2.24, 2.45) is 7.05 Å². The van der Waals surface area contributed by atoms with Gasteiger partial charge in [0, 0.05) is 63.2 Å². The van der Waals surface area contributed by atoms with E-state index in [1.54, 1.807) is 7.05 Å². The van der Waals surface area contributed by atoms with Crippen LogP contribution in [0.3, 0.4) is 0 Å². The lowest BCUT2D eigenvalue weighted by Crippen LogP contribution is -2.63. The summed E-state index contributed by atoms with van der Waals surface area (Å²) >= 11 is 5.62. The van der Waals surface area contributed by atoms with E-state index in [1.165, 1.54) is 15.2 Å². The molecule has 2 aliphatic rings. The summed E-state index contributed by atoms with van der Waals surface area (Å²) in [5, 5.41) is 9.43. The molecule has 0 radical (unpaired) electrons. The maximum atomic E-state index is 14.2. The van der Waals surface area contributed by atoms with Crippen LogP contribution >= 0.6 is 11.6 Å². The van der Waals surface area contributed by atoms with Gasteiger partial charge in [-0.25, -0.2) is 26.0 Å². The van der Waals surface area contributed by atoms with E-state index in [2.05, 4.69) is 15.6 Å². The van der Waals surface area contributed by atoms with Crippen LogP contribution in [0.15, 0.2) is 23.4 Å². The molecule has 15 heteroatoms. The molecule has 1 saturated carbocycles. The predicted molar refractivity (Wildman–Crippen MR) is 121 cm³/mol. The molecule has 2 aromatic rings. The number of nitrogens with one attached hydrogen (secondary N) is 1. The normalized spacial score (nSPS) is 20.8. The van der Waals surface area contributed by atoms with Gasteiger partial charge in [-0.15, -0.1) is 5.10 Å². The molecule has 0 unspecified atom stereocenters. The van der Waals surface area contributed by atoms with E-state index < -0.39 is 57.4 Å². The van der Waals surface area contributed by atoms with Crippen LogP contribution in [0.25, 0.3) is 0 Å². The van der Waals surface area contributed by atoms with Crippen LogP contribution in [0.4, 0.5) is 17.6 Å². The Hall–Kier alpha value is -2.29. The third kappa shape index (κ3) is 5.36. The van der Waals surface area contributed by atoms with Crippen molar-refractivity contribution in [1.29, 1.82) is 0 Å². The van der Waals surface area contributed by atoms with Crippen LogP contribution in [-0.4, -0.2) is 82.7 Å². The molecule has 2 heterocycles. The second kappa shape index (κ2) is 9.88. The van der Waals surface area contributed by atoms with Crippen molar-refractivity contribution in [3.63, 3.8) is 0 Å². The zero-order chi connectivity index (χ0) is 26.3. The summed E-state index contributed by atoms with van der Waals surface area (Å²) in [5.74, 6) is -6.16. The molecule has 1 aromatic carbocycles. The first-order valence-electron chi connectivity index (χ1n) is 11.3. The monoisotopic (exact) mass is 552 g/mol. The molecule has 4 rings (SSSR count). The maximum absolute atomic E-state index is 14.2. The van der Waals surface area contributed by atoms with Crippen molar-refractivity contribution in [2.45, 2.75) is 42.2 Å². The molecule has 1 aliphatic carbocycles. The molecule has 0 bridgehead atoms. The molecular formula is C21H25ClF4N6O3S. The Morgan fingerprint density at radius 2 is 1.67 bits per heavy atom. The summed E-state index contributed by atoms with van der Waals surface area (Å²) in [4.78, 5) is 14.5. The van der Waals surface area contributed by atoms with Crippen molar-refractivity contribution < 1.29 is 30.8 Å². The summed E-state index contributed by atoms with van der Waals surface area (Å²) in [6.45, 7) is 0.437. The molecule has 1 aliphatic heterocycles. The summed E-state index contributed by atoms with van der Waals surface area (Å²) < 4.78 is 84.7. The van der Waals surface area contributed by atoms with Crippen molar-refractivity contribution in [1.82, 2.24) is 29.5 Å². The van der Waals surface area contributed by atoms with E-state index in [4.69, 9.17) is 11.6 Å². The lowest BCUT2D eigenvalue weighted by Gasteiger charge is -2.50. The fourth-order valence-electron chi connectivity index (χ4n) is 4.76. The highest BCUT2D eigenvalue weighted by Crippen LogP contribution is 2.42. The Bertz CT molecular complexity index is 1220. The van der Waals surface area contributed by atoms with Crippen LogP contribution in [0.1, 0.15) is 36.0 Å². The maximum Gasteiger partial charge on any atom is 0.264 e. The molecule has 2 fully saturated rings. The summed E-state index contributed by atoms with van der Waals surface area (Å²) in [6.07, 6.45) is 0.470. The van der Waals surface area contributed by atoms with Gasteiger partial charge in [-0.1, -0.05) is 16.8 Å². The zero-order valence-corrected chi connectivity index (χ0v) is 20.9. The lowest BCUT2D eigenvalue weighted by atomic mass is 9.78. The Morgan fingerprint density at radius 1 is 1.08 bits per heavy atom. The number of hydrogen-bond acceptors (Lipinski definition) is 6. The first-order valence-corrected chi connectivity index (χ1v) is 13.1. The van der Waals surface area contributed by atoms with E-state index in [0.717, 1.165) is 12.1 Å². The number of amides is 1. The standard InChI is InChI=1S/C21H25ClF4N6O3S/c1-30-12-17(28-29-30)36(34,35)32-8-6-31(7-9-32)20(2-4-21(25,26)5-3-20)13-27-19(33)18-15(23)10-14(22)11-16(18)24/h10-12H,2-9,13H2,1H3,(H,27,33). The largest absolute Gasteiger partial charge is 0.350 e. The number of alkyl halides is 2. The van der Waals surface area contributed by atoms with Gasteiger partial charge in [-0.05, 0) is 25.0 Å². The summed E-state index contributed by atoms with van der Waals surface area (Å²) in [5.41, 5.74) is -1.74. The van der Waals surface area contributed by atoms with Crippen LogP contribution in [0, 0.1) is 11.6 Å². The van der Waals surface area contributed by atoms with Gasteiger partial charge in [-0.2, -0.15) is 4.31 Å². The second-order valence-electron chi connectivity index (χ2n) is 9.13. The van der Waals surface area contributed by atoms with Crippen molar-refractivity contribution >= 4 is 27.5 Å². The smallest absolute Gasteiger partial charge is 0.264 e. The van der Waals surface area contributed by atoms with Gasteiger partial charge in [0.15, 0.2) is 0 Å². The number of rotatable bonds is 6. The number of nitrogens with zero attached hydrogens (tertiary/aromatic N) is 5. The fraction of sp³-hybridized carbons (Fsp3) is 0.571. The number of halogens is 5. The van der Waals surface area contributed by atoms with Crippen molar-refractivity contribution in [2.75, 3.05) is 32.7 Å². The molecule has 9 nitrogen and oxygen atoms in total. The van der Waals surface area contributed by atoms with E-state index >= 15 is 0 Å². The van der Waals surface area contributed by atoms with E-state index in [-0.39, 0.29) is 55.6 Å². The van der Waals surface area contributed by atoms with Crippen molar-refractivity contribution in [3.8, 4) is 0 Å². The second-order valence-corrected chi connectivity index (χ2v) is 11.5. The first-order chi connectivity index (χ1) is 16.8.